The Balaban J connectivity index is 1.60. The summed E-state index contributed by atoms with van der Waals surface area (Å²) < 4.78 is 11.0. The number of hydrogen-bond acceptors (Lipinski definition) is 8. The number of carboxylic acid groups (broad SMARTS) is 2. The van der Waals surface area contributed by atoms with E-state index in [4.69, 9.17) is 9.47 Å². The Morgan fingerprint density at radius 2 is 1.64 bits per heavy atom. The lowest BCUT2D eigenvalue weighted by Crippen LogP contribution is -2.56. The van der Waals surface area contributed by atoms with Crippen LogP contribution < -0.4 is 10.1 Å². The van der Waals surface area contributed by atoms with Crippen molar-refractivity contribution in [3.05, 3.63) is 71.4 Å². The van der Waals surface area contributed by atoms with Gasteiger partial charge in [-0.1, -0.05) is 36.4 Å². The van der Waals surface area contributed by atoms with Gasteiger partial charge in [0.15, 0.2) is 0 Å². The van der Waals surface area contributed by atoms with Gasteiger partial charge in [-0.15, -0.1) is 0 Å². The van der Waals surface area contributed by atoms with Gasteiger partial charge in [0.2, 0.25) is 12.0 Å². The van der Waals surface area contributed by atoms with Gasteiger partial charge in [-0.2, -0.15) is 0 Å². The molecule has 2 aromatic carbocycles. The number of piperazine rings is 1. The molecule has 13 heteroatoms. The number of hydrogen-bond donors (Lipinski definition) is 3. The Bertz CT molecular complexity index is 1540. The summed E-state index contributed by atoms with van der Waals surface area (Å²) in [5.74, 6) is -3.54. The van der Waals surface area contributed by atoms with Crippen LogP contribution in [0, 0.1) is 6.92 Å². The SMILES string of the molecule is CCOC(=O)N1CCN(C(=O)[C@H](CCC(=O)O)NC(=O)c2cc(OC(C(=O)O)c3ccccc3)c3ccc(C)cc3n2)CC1. The number of carbonyl (C=O) groups excluding carboxylic acids is 3. The maximum atomic E-state index is 13.5. The molecule has 0 spiro atoms. The van der Waals surface area contributed by atoms with Crippen molar-refractivity contribution in [3.8, 4) is 5.75 Å². The second-order valence-corrected chi connectivity index (χ2v) is 10.2. The third-order valence-corrected chi connectivity index (χ3v) is 7.10. The van der Waals surface area contributed by atoms with Crippen molar-refractivity contribution in [2.45, 2.75) is 38.8 Å². The summed E-state index contributed by atoms with van der Waals surface area (Å²) in [5, 5.41) is 22.3. The molecule has 1 unspecified atom stereocenters. The topological polar surface area (TPSA) is 176 Å². The second kappa shape index (κ2) is 14.3. The number of ether oxygens (including phenoxy) is 2. The normalized spacial score (nSPS) is 14.4. The van der Waals surface area contributed by atoms with Gasteiger partial charge in [0.25, 0.3) is 5.91 Å². The van der Waals surface area contributed by atoms with E-state index in [1.807, 2.05) is 6.92 Å². The fraction of sp³-hybridized carbons (Fsp3) is 0.355. The average Bonchev–Trinajstić information content (AvgIpc) is 3.01. The Hall–Kier alpha value is -5.20. The van der Waals surface area contributed by atoms with Crippen molar-refractivity contribution in [2.24, 2.45) is 0 Å². The molecule has 1 saturated heterocycles. The highest BCUT2D eigenvalue weighted by atomic mass is 16.6. The molecule has 1 aromatic heterocycles. The van der Waals surface area contributed by atoms with E-state index in [-0.39, 0.29) is 57.1 Å². The van der Waals surface area contributed by atoms with Gasteiger partial charge in [-0.05, 0) is 38.0 Å². The van der Waals surface area contributed by atoms with E-state index in [0.717, 1.165) is 5.56 Å². The molecule has 2 atom stereocenters. The molecule has 3 amide bonds. The minimum absolute atomic E-state index is 0.0971. The number of aryl methyl sites for hydroxylation is 1. The zero-order valence-corrected chi connectivity index (χ0v) is 24.4. The Kier molecular flexibility index (Phi) is 10.3. The number of aromatic nitrogens is 1. The molecule has 0 radical (unpaired) electrons. The zero-order valence-electron chi connectivity index (χ0n) is 24.4. The number of pyridine rings is 1. The third kappa shape index (κ3) is 7.79. The van der Waals surface area contributed by atoms with Crippen LogP contribution in [0.2, 0.25) is 0 Å². The lowest BCUT2D eigenvalue weighted by molar-refractivity contribution is -0.145. The van der Waals surface area contributed by atoms with Crippen LogP contribution in [0.1, 0.15) is 47.5 Å². The fourth-order valence-corrected chi connectivity index (χ4v) is 4.84. The first kappa shape index (κ1) is 31.7. The Morgan fingerprint density at radius 1 is 0.955 bits per heavy atom. The van der Waals surface area contributed by atoms with Crippen LogP contribution in [0.5, 0.6) is 5.75 Å². The number of rotatable bonds is 11. The van der Waals surface area contributed by atoms with E-state index < -0.39 is 42.0 Å². The van der Waals surface area contributed by atoms with Gasteiger partial charge < -0.3 is 34.8 Å². The molecule has 1 aliphatic rings. The van der Waals surface area contributed by atoms with Gasteiger partial charge in [0.1, 0.15) is 17.5 Å². The number of benzene rings is 2. The molecule has 3 aromatic rings. The number of carbonyl (C=O) groups is 5. The van der Waals surface area contributed by atoms with E-state index >= 15 is 0 Å². The maximum Gasteiger partial charge on any atom is 0.409 e. The van der Waals surface area contributed by atoms with Crippen LogP contribution in [-0.2, 0) is 19.1 Å². The number of nitrogens with one attached hydrogen (secondary N) is 1. The quantitative estimate of drug-likeness (QED) is 0.294. The first-order valence-electron chi connectivity index (χ1n) is 14.2. The van der Waals surface area contributed by atoms with Crippen molar-refractivity contribution >= 4 is 40.7 Å². The molecule has 2 heterocycles. The van der Waals surface area contributed by atoms with Crippen molar-refractivity contribution in [3.63, 3.8) is 0 Å². The number of carboxylic acids is 2. The summed E-state index contributed by atoms with van der Waals surface area (Å²) in [4.78, 5) is 69.9. The summed E-state index contributed by atoms with van der Waals surface area (Å²) in [6.45, 7) is 4.56. The third-order valence-electron chi connectivity index (χ3n) is 7.10. The largest absolute Gasteiger partial charge is 0.481 e. The predicted octanol–water partition coefficient (Wildman–Crippen LogP) is 3.01. The smallest absolute Gasteiger partial charge is 0.409 e. The fourth-order valence-electron chi connectivity index (χ4n) is 4.84. The van der Waals surface area contributed by atoms with E-state index in [1.54, 1.807) is 55.5 Å². The average molecular weight is 607 g/mol. The molecule has 13 nitrogen and oxygen atoms in total. The lowest BCUT2D eigenvalue weighted by atomic mass is 10.1. The lowest BCUT2D eigenvalue weighted by Gasteiger charge is -2.35. The Morgan fingerprint density at radius 3 is 2.27 bits per heavy atom. The monoisotopic (exact) mass is 606 g/mol. The number of aliphatic carboxylic acids is 2. The molecular formula is C31H34N4O9. The first-order valence-corrected chi connectivity index (χ1v) is 14.2. The van der Waals surface area contributed by atoms with E-state index in [0.29, 0.717) is 16.5 Å². The minimum atomic E-state index is -1.38. The predicted molar refractivity (Wildman–Crippen MR) is 157 cm³/mol. The number of amides is 3. The molecule has 0 bridgehead atoms. The second-order valence-electron chi connectivity index (χ2n) is 10.2. The highest BCUT2D eigenvalue weighted by Gasteiger charge is 2.32. The summed E-state index contributed by atoms with van der Waals surface area (Å²) in [7, 11) is 0. The molecule has 0 saturated carbocycles. The molecule has 1 aliphatic heterocycles. The standard InChI is InChI=1S/C31H34N4O9/c1-3-43-31(42)35-15-13-34(14-16-35)29(39)22(11-12-26(36)37)33-28(38)24-18-25(21-10-9-19(2)17-23(21)32-24)44-27(30(40)41)20-7-5-4-6-8-20/h4-10,17-18,22,27H,3,11-16H2,1-2H3,(H,33,38)(H,36,37)(H,40,41)/t22-,27?/m0/s1. The van der Waals surface area contributed by atoms with Gasteiger partial charge in [-0.25, -0.2) is 14.6 Å². The summed E-state index contributed by atoms with van der Waals surface area (Å²) >= 11 is 0. The summed E-state index contributed by atoms with van der Waals surface area (Å²) in [6.07, 6.45) is -2.42. The van der Waals surface area contributed by atoms with Crippen LogP contribution in [0.15, 0.2) is 54.6 Å². The van der Waals surface area contributed by atoms with Crippen LogP contribution in [0.3, 0.4) is 0 Å². The molecule has 0 aliphatic carbocycles. The van der Waals surface area contributed by atoms with Gasteiger partial charge in [0, 0.05) is 49.6 Å². The van der Waals surface area contributed by atoms with E-state index in [2.05, 4.69) is 10.3 Å². The maximum absolute atomic E-state index is 13.5. The number of fused-ring (bicyclic) bond motifs is 1. The first-order chi connectivity index (χ1) is 21.1. The van der Waals surface area contributed by atoms with Crippen LogP contribution in [0.25, 0.3) is 10.9 Å². The molecule has 4 rings (SSSR count). The molecule has 232 valence electrons. The molecular weight excluding hydrogens is 572 g/mol. The zero-order chi connectivity index (χ0) is 31.8. The van der Waals surface area contributed by atoms with Crippen molar-refractivity contribution in [1.29, 1.82) is 0 Å². The molecule has 1 fully saturated rings. The van der Waals surface area contributed by atoms with Gasteiger partial charge >= 0.3 is 18.0 Å². The molecule has 44 heavy (non-hydrogen) atoms. The van der Waals surface area contributed by atoms with Crippen molar-refractivity contribution in [1.82, 2.24) is 20.1 Å². The van der Waals surface area contributed by atoms with Crippen molar-refractivity contribution < 1.29 is 43.7 Å². The van der Waals surface area contributed by atoms with Crippen LogP contribution in [-0.4, -0.2) is 93.7 Å². The minimum Gasteiger partial charge on any atom is -0.481 e. The number of nitrogens with zero attached hydrogens (tertiary/aromatic N) is 3. The van der Waals surface area contributed by atoms with E-state index in [9.17, 15) is 34.2 Å². The van der Waals surface area contributed by atoms with E-state index in [1.165, 1.54) is 15.9 Å². The van der Waals surface area contributed by atoms with Gasteiger partial charge in [0.05, 0.1) is 12.1 Å². The summed E-state index contributed by atoms with van der Waals surface area (Å²) in [6, 6.07) is 13.7. The van der Waals surface area contributed by atoms with Crippen LogP contribution >= 0.6 is 0 Å². The van der Waals surface area contributed by atoms with Gasteiger partial charge in [-0.3, -0.25) is 14.4 Å². The Labute approximate surface area is 253 Å². The van der Waals surface area contributed by atoms with Crippen molar-refractivity contribution in [2.75, 3.05) is 32.8 Å². The van der Waals surface area contributed by atoms with Crippen LogP contribution in [0.4, 0.5) is 4.79 Å². The molecule has 3 N–H and O–H groups in total. The highest BCUT2D eigenvalue weighted by molar-refractivity contribution is 5.99. The highest BCUT2D eigenvalue weighted by Crippen LogP contribution is 2.31. The summed E-state index contributed by atoms with van der Waals surface area (Å²) in [5.41, 5.74) is 1.46.